The zero-order chi connectivity index (χ0) is 12.8. The Morgan fingerprint density at radius 3 is 3.06 bits per heavy atom. The number of ether oxygens (including phenoxy) is 1. The Bertz CT molecular complexity index is 375. The Balaban J connectivity index is 1.69. The predicted octanol–water partition coefficient (Wildman–Crippen LogP) is 3.18. The van der Waals surface area contributed by atoms with Crippen molar-refractivity contribution in [2.75, 3.05) is 13.2 Å². The van der Waals surface area contributed by atoms with Gasteiger partial charge in [-0.05, 0) is 45.2 Å². The third kappa shape index (κ3) is 4.07. The van der Waals surface area contributed by atoms with Crippen LogP contribution in [0.3, 0.4) is 0 Å². The molecule has 1 N–H and O–H groups in total. The lowest BCUT2D eigenvalue weighted by Crippen LogP contribution is -2.25. The highest BCUT2D eigenvalue weighted by molar-refractivity contribution is 5.23. The molecule has 2 rings (SSSR count). The van der Waals surface area contributed by atoms with E-state index in [1.807, 2.05) is 13.0 Å². The van der Waals surface area contributed by atoms with E-state index in [0.29, 0.717) is 12.6 Å². The van der Waals surface area contributed by atoms with Crippen LogP contribution < -0.4 is 5.32 Å². The lowest BCUT2D eigenvalue weighted by Gasteiger charge is -2.22. The van der Waals surface area contributed by atoms with Crippen LogP contribution in [0, 0.1) is 12.7 Å². The zero-order valence-corrected chi connectivity index (χ0v) is 11.0. The summed E-state index contributed by atoms with van der Waals surface area (Å²) in [7, 11) is 0. The summed E-state index contributed by atoms with van der Waals surface area (Å²) in [6.45, 7) is 4.37. The first-order chi connectivity index (χ1) is 8.75. The summed E-state index contributed by atoms with van der Waals surface area (Å²) < 4.78 is 19.1. The van der Waals surface area contributed by atoms with E-state index in [1.54, 1.807) is 6.07 Å². The fraction of sp³-hybridized carbons (Fsp3) is 0.600. The molecule has 1 aliphatic rings. The molecular weight excluding hydrogens is 229 g/mol. The second-order valence-corrected chi connectivity index (χ2v) is 5.05. The summed E-state index contributed by atoms with van der Waals surface area (Å²) in [5, 5.41) is 3.30. The maximum atomic E-state index is 13.5. The molecule has 0 radical (unpaired) electrons. The fourth-order valence-electron chi connectivity index (χ4n) is 2.36. The Morgan fingerprint density at radius 2 is 2.28 bits per heavy atom. The molecule has 3 heteroatoms. The van der Waals surface area contributed by atoms with Gasteiger partial charge in [0.25, 0.3) is 0 Å². The van der Waals surface area contributed by atoms with E-state index in [4.69, 9.17) is 4.74 Å². The molecule has 0 spiro atoms. The van der Waals surface area contributed by atoms with E-state index in [1.165, 1.54) is 25.3 Å². The number of hydrogen-bond donors (Lipinski definition) is 1. The SMILES string of the molecule is Cc1ccc(F)c(CNCCC2CCCCO2)c1. The number of hydrogen-bond acceptors (Lipinski definition) is 2. The average molecular weight is 251 g/mol. The maximum absolute atomic E-state index is 13.5. The molecule has 1 aliphatic heterocycles. The van der Waals surface area contributed by atoms with Gasteiger partial charge in [-0.3, -0.25) is 0 Å². The molecule has 2 nitrogen and oxygen atoms in total. The number of benzene rings is 1. The van der Waals surface area contributed by atoms with Crippen molar-refractivity contribution >= 4 is 0 Å². The molecule has 0 saturated carbocycles. The van der Waals surface area contributed by atoms with Crippen LogP contribution in [-0.2, 0) is 11.3 Å². The standard InChI is InChI=1S/C15H22FNO/c1-12-5-6-15(16)13(10-12)11-17-8-7-14-4-2-3-9-18-14/h5-6,10,14,17H,2-4,7-9,11H2,1H3. The minimum Gasteiger partial charge on any atom is -0.378 e. The van der Waals surface area contributed by atoms with Gasteiger partial charge in [-0.25, -0.2) is 4.39 Å². The van der Waals surface area contributed by atoms with Gasteiger partial charge in [0, 0.05) is 18.7 Å². The topological polar surface area (TPSA) is 21.3 Å². The summed E-state index contributed by atoms with van der Waals surface area (Å²) in [5.74, 6) is -0.123. The van der Waals surface area contributed by atoms with Gasteiger partial charge in [-0.15, -0.1) is 0 Å². The molecule has 0 bridgehead atoms. The van der Waals surface area contributed by atoms with Crippen molar-refractivity contribution in [3.05, 3.63) is 35.1 Å². The van der Waals surface area contributed by atoms with Crippen LogP contribution in [0.4, 0.5) is 4.39 Å². The first kappa shape index (κ1) is 13.5. The first-order valence-electron chi connectivity index (χ1n) is 6.83. The highest BCUT2D eigenvalue weighted by Gasteiger charge is 2.12. The lowest BCUT2D eigenvalue weighted by atomic mass is 10.1. The van der Waals surface area contributed by atoms with Crippen molar-refractivity contribution in [1.82, 2.24) is 5.32 Å². The quantitative estimate of drug-likeness (QED) is 0.812. The highest BCUT2D eigenvalue weighted by Crippen LogP contribution is 2.15. The number of rotatable bonds is 5. The van der Waals surface area contributed by atoms with Crippen LogP contribution in [-0.4, -0.2) is 19.3 Å². The molecule has 1 aromatic carbocycles. The third-order valence-electron chi connectivity index (χ3n) is 3.43. The van der Waals surface area contributed by atoms with Gasteiger partial charge in [0.2, 0.25) is 0 Å². The van der Waals surface area contributed by atoms with Crippen LogP contribution in [0.5, 0.6) is 0 Å². The summed E-state index contributed by atoms with van der Waals surface area (Å²) in [6.07, 6.45) is 5.05. The molecule has 0 aliphatic carbocycles. The summed E-state index contributed by atoms with van der Waals surface area (Å²) >= 11 is 0. The summed E-state index contributed by atoms with van der Waals surface area (Å²) in [6, 6.07) is 5.24. The van der Waals surface area contributed by atoms with Gasteiger partial charge in [0.05, 0.1) is 6.10 Å². The highest BCUT2D eigenvalue weighted by atomic mass is 19.1. The Labute approximate surface area is 109 Å². The maximum Gasteiger partial charge on any atom is 0.127 e. The minimum atomic E-state index is -0.123. The van der Waals surface area contributed by atoms with Gasteiger partial charge in [-0.1, -0.05) is 17.7 Å². The molecule has 18 heavy (non-hydrogen) atoms. The fourth-order valence-corrected chi connectivity index (χ4v) is 2.36. The van der Waals surface area contributed by atoms with Crippen molar-refractivity contribution in [3.63, 3.8) is 0 Å². The van der Waals surface area contributed by atoms with Gasteiger partial charge in [0.1, 0.15) is 5.82 Å². The van der Waals surface area contributed by atoms with Crippen LogP contribution in [0.2, 0.25) is 0 Å². The van der Waals surface area contributed by atoms with Gasteiger partial charge < -0.3 is 10.1 Å². The van der Waals surface area contributed by atoms with Gasteiger partial charge >= 0.3 is 0 Å². The van der Waals surface area contributed by atoms with Crippen molar-refractivity contribution in [1.29, 1.82) is 0 Å². The largest absolute Gasteiger partial charge is 0.378 e. The van der Waals surface area contributed by atoms with Crippen molar-refractivity contribution in [2.45, 2.75) is 45.3 Å². The molecule has 1 heterocycles. The Kier molecular flexibility index (Phi) is 5.14. The molecule has 1 aromatic rings. The van der Waals surface area contributed by atoms with E-state index in [0.717, 1.165) is 30.7 Å². The van der Waals surface area contributed by atoms with Crippen LogP contribution >= 0.6 is 0 Å². The molecule has 0 aromatic heterocycles. The monoisotopic (exact) mass is 251 g/mol. The van der Waals surface area contributed by atoms with Gasteiger partial charge in [0.15, 0.2) is 0 Å². The summed E-state index contributed by atoms with van der Waals surface area (Å²) in [5.41, 5.74) is 1.85. The molecule has 1 atom stereocenters. The molecule has 1 unspecified atom stereocenters. The lowest BCUT2D eigenvalue weighted by molar-refractivity contribution is 0.0115. The molecule has 1 saturated heterocycles. The molecule has 1 fully saturated rings. The average Bonchev–Trinajstić information content (AvgIpc) is 2.40. The van der Waals surface area contributed by atoms with Crippen LogP contribution in [0.15, 0.2) is 18.2 Å². The Hall–Kier alpha value is -0.930. The molecule has 100 valence electrons. The second kappa shape index (κ2) is 6.86. The second-order valence-electron chi connectivity index (χ2n) is 5.05. The first-order valence-corrected chi connectivity index (χ1v) is 6.83. The predicted molar refractivity (Wildman–Crippen MR) is 71.1 cm³/mol. The normalized spacial score (nSPS) is 20.0. The van der Waals surface area contributed by atoms with E-state index < -0.39 is 0 Å². The molecule has 0 amide bonds. The Morgan fingerprint density at radius 1 is 1.39 bits per heavy atom. The zero-order valence-electron chi connectivity index (χ0n) is 11.0. The van der Waals surface area contributed by atoms with E-state index in [9.17, 15) is 4.39 Å². The van der Waals surface area contributed by atoms with Crippen molar-refractivity contribution < 1.29 is 9.13 Å². The van der Waals surface area contributed by atoms with Crippen LogP contribution in [0.25, 0.3) is 0 Å². The smallest absolute Gasteiger partial charge is 0.127 e. The van der Waals surface area contributed by atoms with Crippen molar-refractivity contribution in [2.24, 2.45) is 0 Å². The number of halogens is 1. The van der Waals surface area contributed by atoms with E-state index >= 15 is 0 Å². The number of nitrogens with one attached hydrogen (secondary N) is 1. The summed E-state index contributed by atoms with van der Waals surface area (Å²) in [4.78, 5) is 0. The minimum absolute atomic E-state index is 0.123. The van der Waals surface area contributed by atoms with Crippen molar-refractivity contribution in [3.8, 4) is 0 Å². The van der Waals surface area contributed by atoms with E-state index in [-0.39, 0.29) is 5.82 Å². The molecular formula is C15H22FNO. The van der Waals surface area contributed by atoms with Gasteiger partial charge in [-0.2, -0.15) is 0 Å². The third-order valence-corrected chi connectivity index (χ3v) is 3.43. The van der Waals surface area contributed by atoms with Crippen LogP contribution in [0.1, 0.15) is 36.8 Å². The van der Waals surface area contributed by atoms with E-state index in [2.05, 4.69) is 5.32 Å². The number of aryl methyl sites for hydroxylation is 1.